The molecule has 0 spiro atoms. The number of halogens is 1. The molecule has 0 aliphatic rings. The van der Waals surface area contributed by atoms with E-state index in [1.54, 1.807) is 18.2 Å². The fourth-order valence-electron chi connectivity index (χ4n) is 1.29. The number of benzene rings is 1. The number of nitrogens with zero attached hydrogens (tertiary/aromatic N) is 3. The fourth-order valence-corrected chi connectivity index (χ4v) is 1.47. The summed E-state index contributed by atoms with van der Waals surface area (Å²) in [6.07, 6.45) is 0. The minimum Gasteiger partial charge on any atom is -0.398 e. The molecule has 1 heterocycles. The summed E-state index contributed by atoms with van der Waals surface area (Å²) in [7, 11) is 0. The standard InChI is InChI=1S/C11H11ClN4/c1-6-7(2)15-16-11(14-6)9-5-8(12)3-4-10(9)13/h3-5H,13H2,1-2H3. The molecular formula is C11H11ClN4. The number of anilines is 1. The number of hydrogen-bond acceptors (Lipinski definition) is 4. The average molecular weight is 235 g/mol. The molecule has 2 rings (SSSR count). The van der Waals surface area contributed by atoms with Gasteiger partial charge in [0.15, 0.2) is 5.82 Å². The second kappa shape index (κ2) is 4.06. The van der Waals surface area contributed by atoms with Crippen molar-refractivity contribution in [1.82, 2.24) is 15.2 Å². The van der Waals surface area contributed by atoms with Crippen LogP contribution in [0, 0.1) is 13.8 Å². The van der Waals surface area contributed by atoms with Crippen LogP contribution in [0.25, 0.3) is 11.4 Å². The van der Waals surface area contributed by atoms with E-state index < -0.39 is 0 Å². The van der Waals surface area contributed by atoms with E-state index in [0.717, 1.165) is 11.4 Å². The van der Waals surface area contributed by atoms with Crippen LogP contribution in [0.3, 0.4) is 0 Å². The highest BCUT2D eigenvalue weighted by Gasteiger charge is 2.08. The lowest BCUT2D eigenvalue weighted by Gasteiger charge is -2.05. The zero-order chi connectivity index (χ0) is 11.7. The predicted molar refractivity (Wildman–Crippen MR) is 64.2 cm³/mol. The summed E-state index contributed by atoms with van der Waals surface area (Å²) < 4.78 is 0. The maximum absolute atomic E-state index is 5.91. The summed E-state index contributed by atoms with van der Waals surface area (Å²) in [6.45, 7) is 3.74. The molecule has 0 atom stereocenters. The van der Waals surface area contributed by atoms with Gasteiger partial charge in [-0.15, -0.1) is 5.10 Å². The van der Waals surface area contributed by atoms with Gasteiger partial charge in [0.1, 0.15) is 0 Å². The number of rotatable bonds is 1. The zero-order valence-corrected chi connectivity index (χ0v) is 9.78. The van der Waals surface area contributed by atoms with Gasteiger partial charge in [0, 0.05) is 16.3 Å². The van der Waals surface area contributed by atoms with Gasteiger partial charge in [-0.25, -0.2) is 4.98 Å². The number of nitrogens with two attached hydrogens (primary N) is 1. The zero-order valence-electron chi connectivity index (χ0n) is 9.03. The van der Waals surface area contributed by atoms with Crippen molar-refractivity contribution in [3.8, 4) is 11.4 Å². The van der Waals surface area contributed by atoms with Crippen molar-refractivity contribution in [2.24, 2.45) is 0 Å². The Bertz CT molecular complexity index is 540. The minimum atomic E-state index is 0.503. The van der Waals surface area contributed by atoms with Gasteiger partial charge < -0.3 is 5.73 Å². The fraction of sp³-hybridized carbons (Fsp3) is 0.182. The first-order valence-corrected chi connectivity index (χ1v) is 5.19. The molecular weight excluding hydrogens is 224 g/mol. The van der Waals surface area contributed by atoms with E-state index in [4.69, 9.17) is 17.3 Å². The lowest BCUT2D eigenvalue weighted by molar-refractivity contribution is 0.905. The second-order valence-electron chi connectivity index (χ2n) is 3.54. The Kier molecular flexibility index (Phi) is 2.75. The van der Waals surface area contributed by atoms with E-state index in [-0.39, 0.29) is 0 Å². The third-order valence-corrected chi connectivity index (χ3v) is 2.58. The molecule has 4 nitrogen and oxygen atoms in total. The van der Waals surface area contributed by atoms with E-state index >= 15 is 0 Å². The molecule has 2 aromatic rings. The summed E-state index contributed by atoms with van der Waals surface area (Å²) >= 11 is 5.91. The molecule has 1 aromatic carbocycles. The van der Waals surface area contributed by atoms with Crippen LogP contribution in [0.15, 0.2) is 18.2 Å². The molecule has 0 aliphatic heterocycles. The first-order valence-electron chi connectivity index (χ1n) is 4.81. The van der Waals surface area contributed by atoms with Gasteiger partial charge in [0.05, 0.1) is 11.4 Å². The van der Waals surface area contributed by atoms with Crippen LogP contribution in [0.1, 0.15) is 11.4 Å². The summed E-state index contributed by atoms with van der Waals surface area (Å²) in [6, 6.07) is 5.20. The van der Waals surface area contributed by atoms with Crippen LogP contribution in [0.5, 0.6) is 0 Å². The van der Waals surface area contributed by atoms with E-state index in [1.165, 1.54) is 0 Å². The third kappa shape index (κ3) is 1.97. The van der Waals surface area contributed by atoms with Crippen molar-refractivity contribution in [1.29, 1.82) is 0 Å². The van der Waals surface area contributed by atoms with Crippen LogP contribution in [0.4, 0.5) is 5.69 Å². The Balaban J connectivity index is 2.58. The van der Waals surface area contributed by atoms with Crippen molar-refractivity contribution in [3.05, 3.63) is 34.6 Å². The molecule has 1 aromatic heterocycles. The summed E-state index contributed by atoms with van der Waals surface area (Å²) in [5.41, 5.74) is 8.79. The van der Waals surface area contributed by atoms with E-state index in [9.17, 15) is 0 Å². The van der Waals surface area contributed by atoms with Crippen LogP contribution < -0.4 is 5.73 Å². The number of nitrogen functional groups attached to an aromatic ring is 1. The normalized spacial score (nSPS) is 10.4. The quantitative estimate of drug-likeness (QED) is 0.770. The number of hydrogen-bond donors (Lipinski definition) is 1. The molecule has 0 aliphatic carbocycles. The molecule has 0 unspecified atom stereocenters. The van der Waals surface area contributed by atoms with Gasteiger partial charge in [-0.3, -0.25) is 0 Å². The molecule has 0 saturated heterocycles. The van der Waals surface area contributed by atoms with Crippen molar-refractivity contribution < 1.29 is 0 Å². The molecule has 0 amide bonds. The summed E-state index contributed by atoms with van der Waals surface area (Å²) in [5, 5.41) is 8.63. The lowest BCUT2D eigenvalue weighted by Crippen LogP contribution is -2.00. The highest BCUT2D eigenvalue weighted by Crippen LogP contribution is 2.25. The predicted octanol–water partition coefficient (Wildman–Crippen LogP) is 2.39. The van der Waals surface area contributed by atoms with E-state index in [0.29, 0.717) is 22.1 Å². The van der Waals surface area contributed by atoms with E-state index in [1.807, 2.05) is 13.8 Å². The maximum Gasteiger partial charge on any atom is 0.184 e. The van der Waals surface area contributed by atoms with Gasteiger partial charge in [-0.2, -0.15) is 5.10 Å². The number of aryl methyl sites for hydroxylation is 2. The Morgan fingerprint density at radius 1 is 1.12 bits per heavy atom. The van der Waals surface area contributed by atoms with Crippen molar-refractivity contribution in [2.75, 3.05) is 5.73 Å². The summed E-state index contributed by atoms with van der Waals surface area (Å²) in [5.74, 6) is 0.503. The monoisotopic (exact) mass is 234 g/mol. The van der Waals surface area contributed by atoms with Crippen molar-refractivity contribution in [2.45, 2.75) is 13.8 Å². The highest BCUT2D eigenvalue weighted by atomic mass is 35.5. The highest BCUT2D eigenvalue weighted by molar-refractivity contribution is 6.31. The first-order chi connectivity index (χ1) is 7.58. The van der Waals surface area contributed by atoms with Crippen molar-refractivity contribution >= 4 is 17.3 Å². The molecule has 5 heteroatoms. The third-order valence-electron chi connectivity index (χ3n) is 2.35. The van der Waals surface area contributed by atoms with Gasteiger partial charge >= 0.3 is 0 Å². The molecule has 0 bridgehead atoms. The number of aromatic nitrogens is 3. The molecule has 82 valence electrons. The second-order valence-corrected chi connectivity index (χ2v) is 3.97. The van der Waals surface area contributed by atoms with Gasteiger partial charge in [0.2, 0.25) is 0 Å². The van der Waals surface area contributed by atoms with Gasteiger partial charge in [0.25, 0.3) is 0 Å². The van der Waals surface area contributed by atoms with Gasteiger partial charge in [-0.05, 0) is 32.0 Å². The molecule has 2 N–H and O–H groups in total. The van der Waals surface area contributed by atoms with Crippen molar-refractivity contribution in [3.63, 3.8) is 0 Å². The van der Waals surface area contributed by atoms with Crippen LogP contribution in [0.2, 0.25) is 5.02 Å². The van der Waals surface area contributed by atoms with Crippen LogP contribution >= 0.6 is 11.6 Å². The Morgan fingerprint density at radius 2 is 1.88 bits per heavy atom. The maximum atomic E-state index is 5.91. The van der Waals surface area contributed by atoms with Crippen LogP contribution in [-0.2, 0) is 0 Å². The Labute approximate surface area is 98.5 Å². The smallest absolute Gasteiger partial charge is 0.184 e. The topological polar surface area (TPSA) is 64.7 Å². The Morgan fingerprint density at radius 3 is 2.56 bits per heavy atom. The molecule has 0 saturated carbocycles. The average Bonchev–Trinajstić information content (AvgIpc) is 2.26. The molecule has 0 radical (unpaired) electrons. The molecule has 0 fully saturated rings. The van der Waals surface area contributed by atoms with Crippen LogP contribution in [-0.4, -0.2) is 15.2 Å². The lowest BCUT2D eigenvalue weighted by atomic mass is 10.1. The Hall–Kier alpha value is -1.68. The SMILES string of the molecule is Cc1nnc(-c2cc(Cl)ccc2N)nc1C. The molecule has 16 heavy (non-hydrogen) atoms. The van der Waals surface area contributed by atoms with E-state index in [2.05, 4.69) is 15.2 Å². The first kappa shape index (κ1) is 10.8. The minimum absolute atomic E-state index is 0.503. The summed E-state index contributed by atoms with van der Waals surface area (Å²) in [4.78, 5) is 4.33. The van der Waals surface area contributed by atoms with Gasteiger partial charge in [-0.1, -0.05) is 11.6 Å². The largest absolute Gasteiger partial charge is 0.398 e.